The number of aromatic nitrogens is 2. The molecule has 100 valence electrons. The Kier molecular flexibility index (Phi) is 3.94. The van der Waals surface area contributed by atoms with E-state index in [2.05, 4.69) is 9.97 Å². The summed E-state index contributed by atoms with van der Waals surface area (Å²) < 4.78 is 0. The van der Waals surface area contributed by atoms with Crippen molar-refractivity contribution >= 4 is 22.8 Å². The van der Waals surface area contributed by atoms with Gasteiger partial charge in [-0.3, -0.25) is 14.9 Å². The highest BCUT2D eigenvalue weighted by molar-refractivity contribution is 5.93. The molecule has 0 saturated heterocycles. The lowest BCUT2D eigenvalue weighted by atomic mass is 10.2. The minimum Gasteiger partial charge on any atom is -0.325 e. The van der Waals surface area contributed by atoms with Crippen LogP contribution in [0.4, 0.5) is 10.5 Å². The summed E-state index contributed by atoms with van der Waals surface area (Å²) >= 11 is 0. The molecular formula is C14H18N4O. The summed E-state index contributed by atoms with van der Waals surface area (Å²) in [6.45, 7) is 5.35. The molecule has 0 aliphatic heterocycles. The second-order valence-corrected chi connectivity index (χ2v) is 4.24. The van der Waals surface area contributed by atoms with Crippen LogP contribution in [0, 0.1) is 0 Å². The van der Waals surface area contributed by atoms with Gasteiger partial charge in [-0.25, -0.2) is 4.79 Å². The number of benzene rings is 1. The Labute approximate surface area is 112 Å². The normalized spacial score (nSPS) is 10.5. The van der Waals surface area contributed by atoms with Crippen molar-refractivity contribution in [3.63, 3.8) is 0 Å². The summed E-state index contributed by atoms with van der Waals surface area (Å²) in [4.78, 5) is 24.1. The molecular weight excluding hydrogens is 240 g/mol. The molecule has 0 saturated carbocycles. The van der Waals surface area contributed by atoms with Crippen molar-refractivity contribution in [3.05, 3.63) is 30.6 Å². The fraction of sp³-hybridized carbons (Fsp3) is 0.357. The number of hydrogen-bond acceptors (Lipinski definition) is 3. The van der Waals surface area contributed by atoms with E-state index < -0.39 is 0 Å². The van der Waals surface area contributed by atoms with E-state index in [0.29, 0.717) is 13.1 Å². The second-order valence-electron chi connectivity index (χ2n) is 4.24. The van der Waals surface area contributed by atoms with Crippen LogP contribution >= 0.6 is 0 Å². The summed E-state index contributed by atoms with van der Waals surface area (Å²) in [6, 6.07) is 5.64. The molecule has 1 aromatic carbocycles. The Morgan fingerprint density at radius 1 is 1.11 bits per heavy atom. The summed E-state index contributed by atoms with van der Waals surface area (Å²) in [7, 11) is 1.78. The SMILES string of the molecule is CCN(CC)C(=O)N(C)c1ccc2nccnc2c1. The Balaban J connectivity index is 2.30. The fourth-order valence-electron chi connectivity index (χ4n) is 1.98. The van der Waals surface area contributed by atoms with Crippen LogP contribution in [0.1, 0.15) is 13.8 Å². The summed E-state index contributed by atoms with van der Waals surface area (Å²) in [5.74, 6) is 0. The van der Waals surface area contributed by atoms with Crippen LogP contribution in [-0.4, -0.2) is 41.0 Å². The molecule has 0 aliphatic rings. The second kappa shape index (κ2) is 5.65. The van der Waals surface area contributed by atoms with Crippen LogP contribution in [0.2, 0.25) is 0 Å². The van der Waals surface area contributed by atoms with Crippen molar-refractivity contribution in [2.45, 2.75) is 13.8 Å². The zero-order valence-corrected chi connectivity index (χ0v) is 11.5. The van der Waals surface area contributed by atoms with Crippen LogP contribution in [0.15, 0.2) is 30.6 Å². The minimum atomic E-state index is -0.00626. The van der Waals surface area contributed by atoms with E-state index in [1.54, 1.807) is 29.2 Å². The van der Waals surface area contributed by atoms with Gasteiger partial charge in [0.2, 0.25) is 0 Å². The smallest absolute Gasteiger partial charge is 0.324 e. The Morgan fingerprint density at radius 3 is 2.37 bits per heavy atom. The summed E-state index contributed by atoms with van der Waals surface area (Å²) in [5, 5.41) is 0. The molecule has 0 unspecified atom stereocenters. The first kappa shape index (κ1) is 13.3. The maximum absolute atomic E-state index is 12.3. The molecule has 1 aromatic heterocycles. The van der Waals surface area contributed by atoms with Crippen LogP contribution in [0.5, 0.6) is 0 Å². The quantitative estimate of drug-likeness (QED) is 0.850. The molecule has 5 nitrogen and oxygen atoms in total. The third kappa shape index (κ3) is 2.65. The van der Waals surface area contributed by atoms with Crippen molar-refractivity contribution in [1.82, 2.24) is 14.9 Å². The zero-order valence-electron chi connectivity index (χ0n) is 11.5. The van der Waals surface area contributed by atoms with Gasteiger partial charge in [0.25, 0.3) is 0 Å². The number of carbonyl (C=O) groups is 1. The van der Waals surface area contributed by atoms with Gasteiger partial charge in [0.05, 0.1) is 11.0 Å². The van der Waals surface area contributed by atoms with Gasteiger partial charge >= 0.3 is 6.03 Å². The number of fused-ring (bicyclic) bond motifs is 1. The third-order valence-electron chi connectivity index (χ3n) is 3.16. The number of rotatable bonds is 3. The standard InChI is InChI=1S/C14H18N4O/c1-4-18(5-2)14(19)17(3)11-6-7-12-13(10-11)16-9-8-15-12/h6-10H,4-5H2,1-3H3. The van der Waals surface area contributed by atoms with Crippen LogP contribution < -0.4 is 4.90 Å². The van der Waals surface area contributed by atoms with E-state index in [1.165, 1.54) is 0 Å². The van der Waals surface area contributed by atoms with Gasteiger partial charge in [-0.2, -0.15) is 0 Å². The van der Waals surface area contributed by atoms with Gasteiger partial charge in [-0.1, -0.05) is 0 Å². The van der Waals surface area contributed by atoms with Gasteiger partial charge in [-0.05, 0) is 32.0 Å². The molecule has 19 heavy (non-hydrogen) atoms. The van der Waals surface area contributed by atoms with Crippen LogP contribution in [0.25, 0.3) is 11.0 Å². The van der Waals surface area contributed by atoms with Crippen molar-refractivity contribution in [1.29, 1.82) is 0 Å². The summed E-state index contributed by atoms with van der Waals surface area (Å²) in [5.41, 5.74) is 2.44. The average molecular weight is 258 g/mol. The number of amides is 2. The highest BCUT2D eigenvalue weighted by Crippen LogP contribution is 2.19. The highest BCUT2D eigenvalue weighted by atomic mass is 16.2. The number of anilines is 1. The maximum Gasteiger partial charge on any atom is 0.324 e. The molecule has 0 aliphatic carbocycles. The van der Waals surface area contributed by atoms with Crippen molar-refractivity contribution in [2.75, 3.05) is 25.0 Å². The third-order valence-corrected chi connectivity index (χ3v) is 3.16. The summed E-state index contributed by atoms with van der Waals surface area (Å²) in [6.07, 6.45) is 3.31. The van der Waals surface area contributed by atoms with E-state index in [9.17, 15) is 4.79 Å². The molecule has 2 aromatic rings. The van der Waals surface area contributed by atoms with Crippen molar-refractivity contribution < 1.29 is 4.79 Å². The molecule has 2 rings (SSSR count). The average Bonchev–Trinajstić information content (AvgIpc) is 2.47. The van der Waals surface area contributed by atoms with Crippen molar-refractivity contribution in [2.24, 2.45) is 0 Å². The van der Waals surface area contributed by atoms with Gasteiger partial charge < -0.3 is 4.90 Å². The number of carbonyl (C=O) groups excluding carboxylic acids is 1. The minimum absolute atomic E-state index is 0.00626. The molecule has 5 heteroatoms. The topological polar surface area (TPSA) is 49.3 Å². The molecule has 2 amide bonds. The number of urea groups is 1. The lowest BCUT2D eigenvalue weighted by Crippen LogP contribution is -2.41. The van der Waals surface area contributed by atoms with E-state index in [0.717, 1.165) is 16.7 Å². The molecule has 0 spiro atoms. The highest BCUT2D eigenvalue weighted by Gasteiger charge is 2.16. The first-order valence-corrected chi connectivity index (χ1v) is 6.40. The lowest BCUT2D eigenvalue weighted by molar-refractivity contribution is 0.211. The van der Waals surface area contributed by atoms with Crippen LogP contribution in [-0.2, 0) is 0 Å². The monoisotopic (exact) mass is 258 g/mol. The Bertz CT molecular complexity index is 580. The predicted molar refractivity (Wildman–Crippen MR) is 76.3 cm³/mol. The predicted octanol–water partition coefficient (Wildman–Crippen LogP) is 2.53. The van der Waals surface area contributed by atoms with Gasteiger partial charge in [0.1, 0.15) is 0 Å². The zero-order chi connectivity index (χ0) is 13.8. The maximum atomic E-state index is 12.3. The fourth-order valence-corrected chi connectivity index (χ4v) is 1.98. The molecule has 0 radical (unpaired) electrons. The van der Waals surface area contributed by atoms with E-state index in [1.807, 2.05) is 32.0 Å². The molecule has 0 atom stereocenters. The number of nitrogens with zero attached hydrogens (tertiary/aromatic N) is 4. The van der Waals surface area contributed by atoms with E-state index in [-0.39, 0.29) is 6.03 Å². The lowest BCUT2D eigenvalue weighted by Gasteiger charge is -2.26. The first-order valence-electron chi connectivity index (χ1n) is 6.40. The molecule has 0 N–H and O–H groups in total. The molecule has 1 heterocycles. The molecule has 0 bridgehead atoms. The van der Waals surface area contributed by atoms with Gasteiger partial charge in [0.15, 0.2) is 0 Å². The first-order chi connectivity index (χ1) is 9.17. The largest absolute Gasteiger partial charge is 0.325 e. The van der Waals surface area contributed by atoms with Crippen LogP contribution in [0.3, 0.4) is 0 Å². The Hall–Kier alpha value is -2.17. The van der Waals surface area contributed by atoms with Crippen molar-refractivity contribution in [3.8, 4) is 0 Å². The van der Waals surface area contributed by atoms with E-state index >= 15 is 0 Å². The molecule has 0 fully saturated rings. The van der Waals surface area contributed by atoms with Gasteiger partial charge in [0, 0.05) is 38.2 Å². The van der Waals surface area contributed by atoms with E-state index in [4.69, 9.17) is 0 Å². The Morgan fingerprint density at radius 2 is 1.74 bits per heavy atom. The number of hydrogen-bond donors (Lipinski definition) is 0. The van der Waals surface area contributed by atoms with Gasteiger partial charge in [-0.15, -0.1) is 0 Å².